The van der Waals surface area contributed by atoms with Crippen LogP contribution in [0.1, 0.15) is 26.2 Å². The average Bonchev–Trinajstić information content (AvgIpc) is 2.18. The van der Waals surface area contributed by atoms with E-state index in [0.717, 1.165) is 6.42 Å². The first-order valence-corrected chi connectivity index (χ1v) is 4.91. The number of hydrogen-bond acceptors (Lipinski definition) is 1. The fraction of sp³-hybridized carbons (Fsp3) is 0.500. The molecular formula is C12H18O. The maximum atomic E-state index is 9.18. The zero-order valence-corrected chi connectivity index (χ0v) is 8.29. The van der Waals surface area contributed by atoms with Gasteiger partial charge in [-0.25, -0.2) is 0 Å². The Bertz CT molecular complexity index is 236. The summed E-state index contributed by atoms with van der Waals surface area (Å²) < 4.78 is 0. The third kappa shape index (κ3) is 2.31. The van der Waals surface area contributed by atoms with Crippen molar-refractivity contribution < 1.29 is 5.11 Å². The van der Waals surface area contributed by atoms with E-state index in [9.17, 15) is 5.11 Å². The molecule has 0 aliphatic heterocycles. The van der Waals surface area contributed by atoms with Crippen LogP contribution in [0.15, 0.2) is 36.0 Å². The third-order valence-corrected chi connectivity index (χ3v) is 2.62. The quantitative estimate of drug-likeness (QED) is 0.659. The third-order valence-electron chi connectivity index (χ3n) is 2.62. The van der Waals surface area contributed by atoms with Crippen LogP contribution in [0.3, 0.4) is 0 Å². The van der Waals surface area contributed by atoms with Crippen LogP contribution in [0.4, 0.5) is 0 Å². The Hall–Kier alpha value is -0.820. The summed E-state index contributed by atoms with van der Waals surface area (Å²) in [5.41, 5.74) is 2.47. The minimum atomic E-state index is 0.198. The second kappa shape index (κ2) is 5.03. The van der Waals surface area contributed by atoms with Gasteiger partial charge in [0, 0.05) is 5.92 Å². The van der Waals surface area contributed by atoms with E-state index in [2.05, 4.69) is 12.7 Å². The normalized spacial score (nSPS) is 24.0. The van der Waals surface area contributed by atoms with Gasteiger partial charge in [-0.2, -0.15) is 0 Å². The fourth-order valence-electron chi connectivity index (χ4n) is 1.93. The molecule has 1 N–H and O–H groups in total. The summed E-state index contributed by atoms with van der Waals surface area (Å²) in [6, 6.07) is 0. The van der Waals surface area contributed by atoms with Crippen molar-refractivity contribution >= 4 is 0 Å². The lowest BCUT2D eigenvalue weighted by Gasteiger charge is -2.23. The first-order chi connectivity index (χ1) is 6.33. The highest BCUT2D eigenvalue weighted by atomic mass is 16.3. The molecule has 0 fully saturated rings. The molecular weight excluding hydrogens is 160 g/mol. The van der Waals surface area contributed by atoms with Crippen LogP contribution in [0.2, 0.25) is 0 Å². The average molecular weight is 178 g/mol. The molecule has 1 rings (SSSR count). The molecule has 0 radical (unpaired) electrons. The van der Waals surface area contributed by atoms with E-state index in [1.807, 2.05) is 19.1 Å². The van der Waals surface area contributed by atoms with Crippen LogP contribution >= 0.6 is 0 Å². The van der Waals surface area contributed by atoms with E-state index in [4.69, 9.17) is 0 Å². The van der Waals surface area contributed by atoms with Gasteiger partial charge in [-0.15, -0.1) is 6.58 Å². The SMILES string of the molecule is C=CC1CCCC(CO)=C1/C=C\C. The Kier molecular flexibility index (Phi) is 3.97. The van der Waals surface area contributed by atoms with Crippen molar-refractivity contribution in [1.82, 2.24) is 0 Å². The van der Waals surface area contributed by atoms with Crippen molar-refractivity contribution in [2.24, 2.45) is 5.92 Å². The van der Waals surface area contributed by atoms with Gasteiger partial charge >= 0.3 is 0 Å². The molecule has 1 aliphatic rings. The molecule has 1 unspecified atom stereocenters. The van der Waals surface area contributed by atoms with Crippen LogP contribution in [0.5, 0.6) is 0 Å². The highest BCUT2D eigenvalue weighted by molar-refractivity contribution is 5.32. The van der Waals surface area contributed by atoms with Crippen LogP contribution in [-0.2, 0) is 0 Å². The Morgan fingerprint density at radius 1 is 1.62 bits per heavy atom. The van der Waals surface area contributed by atoms with E-state index in [0.29, 0.717) is 5.92 Å². The topological polar surface area (TPSA) is 20.2 Å². The van der Waals surface area contributed by atoms with E-state index in [-0.39, 0.29) is 6.61 Å². The molecule has 1 aliphatic carbocycles. The Morgan fingerprint density at radius 3 is 2.92 bits per heavy atom. The van der Waals surface area contributed by atoms with E-state index in [1.54, 1.807) is 0 Å². The summed E-state index contributed by atoms with van der Waals surface area (Å²) >= 11 is 0. The minimum Gasteiger partial charge on any atom is -0.392 e. The molecule has 1 heteroatoms. The van der Waals surface area contributed by atoms with Gasteiger partial charge < -0.3 is 5.11 Å². The van der Waals surface area contributed by atoms with Crippen LogP contribution in [0.25, 0.3) is 0 Å². The zero-order chi connectivity index (χ0) is 9.68. The lowest BCUT2D eigenvalue weighted by atomic mass is 9.83. The van der Waals surface area contributed by atoms with Gasteiger partial charge in [-0.05, 0) is 37.3 Å². The number of allylic oxidation sites excluding steroid dienone is 4. The van der Waals surface area contributed by atoms with Gasteiger partial charge in [0.2, 0.25) is 0 Å². The van der Waals surface area contributed by atoms with E-state index < -0.39 is 0 Å². The molecule has 0 amide bonds. The maximum absolute atomic E-state index is 9.18. The minimum absolute atomic E-state index is 0.198. The molecule has 0 aromatic carbocycles. The first kappa shape index (κ1) is 10.3. The highest BCUT2D eigenvalue weighted by Crippen LogP contribution is 2.31. The number of aliphatic hydroxyl groups excluding tert-OH is 1. The van der Waals surface area contributed by atoms with Gasteiger partial charge in [-0.1, -0.05) is 18.2 Å². The lowest BCUT2D eigenvalue weighted by molar-refractivity contribution is 0.319. The molecule has 1 nitrogen and oxygen atoms in total. The summed E-state index contributed by atoms with van der Waals surface area (Å²) in [6.07, 6.45) is 9.52. The molecule has 0 spiro atoms. The molecule has 0 saturated carbocycles. The summed E-state index contributed by atoms with van der Waals surface area (Å²) in [4.78, 5) is 0. The molecule has 0 heterocycles. The summed E-state index contributed by atoms with van der Waals surface area (Å²) in [5, 5.41) is 9.18. The maximum Gasteiger partial charge on any atom is 0.0647 e. The van der Waals surface area contributed by atoms with Crippen molar-refractivity contribution in [2.45, 2.75) is 26.2 Å². The Balaban J connectivity index is 2.95. The smallest absolute Gasteiger partial charge is 0.0647 e. The second-order valence-corrected chi connectivity index (χ2v) is 3.45. The number of hydrogen-bond donors (Lipinski definition) is 1. The summed E-state index contributed by atoms with van der Waals surface area (Å²) in [5.74, 6) is 0.451. The predicted molar refractivity (Wildman–Crippen MR) is 56.5 cm³/mol. The molecule has 0 saturated heterocycles. The molecule has 72 valence electrons. The van der Waals surface area contributed by atoms with Gasteiger partial charge in [0.1, 0.15) is 0 Å². The summed E-state index contributed by atoms with van der Waals surface area (Å²) in [7, 11) is 0. The number of rotatable bonds is 3. The molecule has 1 atom stereocenters. The van der Waals surface area contributed by atoms with Crippen LogP contribution < -0.4 is 0 Å². The van der Waals surface area contributed by atoms with Gasteiger partial charge in [-0.3, -0.25) is 0 Å². The first-order valence-electron chi connectivity index (χ1n) is 4.91. The molecule has 0 aromatic heterocycles. The fourth-order valence-corrected chi connectivity index (χ4v) is 1.93. The Labute approximate surface area is 80.5 Å². The largest absolute Gasteiger partial charge is 0.392 e. The monoisotopic (exact) mass is 178 g/mol. The van der Waals surface area contributed by atoms with E-state index in [1.165, 1.54) is 24.0 Å². The van der Waals surface area contributed by atoms with Crippen molar-refractivity contribution in [1.29, 1.82) is 0 Å². The van der Waals surface area contributed by atoms with Crippen LogP contribution in [0, 0.1) is 5.92 Å². The van der Waals surface area contributed by atoms with Crippen molar-refractivity contribution in [3.8, 4) is 0 Å². The van der Waals surface area contributed by atoms with Crippen molar-refractivity contribution in [2.75, 3.05) is 6.61 Å². The van der Waals surface area contributed by atoms with Crippen molar-refractivity contribution in [3.05, 3.63) is 36.0 Å². The molecule has 0 aromatic rings. The van der Waals surface area contributed by atoms with E-state index >= 15 is 0 Å². The molecule has 13 heavy (non-hydrogen) atoms. The highest BCUT2D eigenvalue weighted by Gasteiger charge is 2.17. The van der Waals surface area contributed by atoms with Gasteiger partial charge in [0.25, 0.3) is 0 Å². The zero-order valence-electron chi connectivity index (χ0n) is 8.29. The molecule has 0 bridgehead atoms. The number of aliphatic hydroxyl groups is 1. The Morgan fingerprint density at radius 2 is 2.38 bits per heavy atom. The van der Waals surface area contributed by atoms with Crippen LogP contribution in [-0.4, -0.2) is 11.7 Å². The van der Waals surface area contributed by atoms with Crippen molar-refractivity contribution in [3.63, 3.8) is 0 Å². The van der Waals surface area contributed by atoms with Gasteiger partial charge in [0.15, 0.2) is 0 Å². The lowest BCUT2D eigenvalue weighted by Crippen LogP contribution is -2.11. The summed E-state index contributed by atoms with van der Waals surface area (Å²) in [6.45, 7) is 6.04. The second-order valence-electron chi connectivity index (χ2n) is 3.45. The van der Waals surface area contributed by atoms with Gasteiger partial charge in [0.05, 0.1) is 6.61 Å². The standard InChI is InChI=1S/C12H18O/c1-3-6-12-10(4-2)7-5-8-11(12)9-13/h3-4,6,10,13H,2,5,7-9H2,1H3/b6-3-. The predicted octanol–water partition coefficient (Wildman–Crippen LogP) is 2.84.